The molecule has 1 N–H and O–H groups in total. The molecule has 1 aromatic rings. The van der Waals surface area contributed by atoms with Crippen LogP contribution in [0.3, 0.4) is 0 Å². The van der Waals surface area contributed by atoms with E-state index in [1.165, 1.54) is 38.5 Å². The van der Waals surface area contributed by atoms with Crippen molar-refractivity contribution in [2.75, 3.05) is 7.05 Å². The second kappa shape index (κ2) is 5.13. The highest BCUT2D eigenvalue weighted by molar-refractivity contribution is 7.12. The molecule has 0 saturated carbocycles. The van der Waals surface area contributed by atoms with Gasteiger partial charge in [0.2, 0.25) is 0 Å². The zero-order chi connectivity index (χ0) is 10.7. The van der Waals surface area contributed by atoms with E-state index in [1.54, 1.807) is 15.3 Å². The molecule has 0 bridgehead atoms. The second-order valence-electron chi connectivity index (χ2n) is 4.41. The lowest BCUT2D eigenvalue weighted by Gasteiger charge is -2.10. The Balaban J connectivity index is 2.21. The van der Waals surface area contributed by atoms with E-state index in [-0.39, 0.29) is 0 Å². The van der Waals surface area contributed by atoms with Crippen LogP contribution in [0.15, 0.2) is 6.07 Å². The Hall–Kier alpha value is -0.340. The summed E-state index contributed by atoms with van der Waals surface area (Å²) < 4.78 is 0. The van der Waals surface area contributed by atoms with Gasteiger partial charge >= 0.3 is 0 Å². The van der Waals surface area contributed by atoms with Gasteiger partial charge in [0, 0.05) is 15.8 Å². The Kier molecular flexibility index (Phi) is 3.81. The van der Waals surface area contributed by atoms with Gasteiger partial charge in [-0.25, -0.2) is 0 Å². The molecule has 0 fully saturated rings. The minimum Gasteiger partial charge on any atom is -0.312 e. The fourth-order valence-electron chi connectivity index (χ4n) is 2.41. The van der Waals surface area contributed by atoms with E-state index < -0.39 is 0 Å². The molecule has 0 amide bonds. The molecule has 1 aliphatic carbocycles. The number of hydrogen-bond acceptors (Lipinski definition) is 2. The maximum absolute atomic E-state index is 3.40. The lowest BCUT2D eigenvalue weighted by molar-refractivity contribution is 0.586. The molecule has 1 aliphatic rings. The van der Waals surface area contributed by atoms with E-state index in [1.807, 2.05) is 11.3 Å². The maximum atomic E-state index is 3.40. The topological polar surface area (TPSA) is 12.0 Å². The molecular weight excluding hydrogens is 202 g/mol. The number of rotatable bonds is 3. The predicted octanol–water partition coefficient (Wildman–Crippen LogP) is 3.69. The summed E-state index contributed by atoms with van der Waals surface area (Å²) in [5, 5.41) is 3.40. The first-order valence-electron chi connectivity index (χ1n) is 6.14. The first-order chi connectivity index (χ1) is 7.35. The van der Waals surface area contributed by atoms with Gasteiger partial charge in [0.15, 0.2) is 0 Å². The smallest absolute Gasteiger partial charge is 0.0409 e. The Bertz CT molecular complexity index is 289. The van der Waals surface area contributed by atoms with Crippen LogP contribution in [0.4, 0.5) is 0 Å². The molecule has 1 heterocycles. The molecule has 2 rings (SSSR count). The third-order valence-corrected chi connectivity index (χ3v) is 4.72. The highest BCUT2D eigenvalue weighted by atomic mass is 32.1. The monoisotopic (exact) mass is 223 g/mol. The van der Waals surface area contributed by atoms with E-state index in [4.69, 9.17) is 0 Å². The highest BCUT2D eigenvalue weighted by Gasteiger charge is 2.15. The van der Waals surface area contributed by atoms with Crippen molar-refractivity contribution >= 4 is 11.3 Å². The summed E-state index contributed by atoms with van der Waals surface area (Å²) in [4.78, 5) is 3.21. The Morgan fingerprint density at radius 3 is 2.87 bits per heavy atom. The zero-order valence-electron chi connectivity index (χ0n) is 9.81. The molecular formula is C13H21NS. The Morgan fingerprint density at radius 2 is 2.13 bits per heavy atom. The molecule has 1 unspecified atom stereocenters. The molecule has 0 aliphatic heterocycles. The van der Waals surface area contributed by atoms with Gasteiger partial charge in [0.25, 0.3) is 0 Å². The van der Waals surface area contributed by atoms with Crippen LogP contribution in [0.2, 0.25) is 0 Å². The van der Waals surface area contributed by atoms with Gasteiger partial charge in [-0.3, -0.25) is 0 Å². The number of hydrogen-bond donors (Lipinski definition) is 1. The fourth-order valence-corrected chi connectivity index (χ4v) is 3.86. The van der Waals surface area contributed by atoms with Gasteiger partial charge in [0.05, 0.1) is 0 Å². The zero-order valence-corrected chi connectivity index (χ0v) is 10.6. The summed E-state index contributed by atoms with van der Waals surface area (Å²) in [5.74, 6) is 0. The molecule has 15 heavy (non-hydrogen) atoms. The van der Waals surface area contributed by atoms with Gasteiger partial charge in [-0.15, -0.1) is 11.3 Å². The van der Waals surface area contributed by atoms with Gasteiger partial charge in [-0.2, -0.15) is 0 Å². The Labute approximate surface area is 96.9 Å². The highest BCUT2D eigenvalue weighted by Crippen LogP contribution is 2.33. The van der Waals surface area contributed by atoms with Crippen LogP contribution >= 0.6 is 11.3 Å². The summed E-state index contributed by atoms with van der Waals surface area (Å²) in [6, 6.07) is 3.03. The molecule has 1 atom stereocenters. The quantitative estimate of drug-likeness (QED) is 0.771. The van der Waals surface area contributed by atoms with Crippen LogP contribution in [-0.2, 0) is 12.8 Å². The fraction of sp³-hybridized carbons (Fsp3) is 0.692. The molecule has 0 saturated heterocycles. The molecule has 0 aromatic carbocycles. The second-order valence-corrected chi connectivity index (χ2v) is 5.58. The molecule has 1 aromatic heterocycles. The summed E-state index contributed by atoms with van der Waals surface area (Å²) in [7, 11) is 2.07. The molecule has 0 spiro atoms. The lowest BCUT2D eigenvalue weighted by atomic mass is 10.1. The number of nitrogens with one attached hydrogen (secondary N) is 1. The first kappa shape index (κ1) is 11.2. The Morgan fingerprint density at radius 1 is 1.33 bits per heavy atom. The number of fused-ring (bicyclic) bond motifs is 1. The van der Waals surface area contributed by atoms with Crippen LogP contribution < -0.4 is 5.32 Å². The largest absolute Gasteiger partial charge is 0.312 e. The van der Waals surface area contributed by atoms with Crippen molar-refractivity contribution in [2.45, 2.75) is 51.5 Å². The summed E-state index contributed by atoms with van der Waals surface area (Å²) >= 11 is 2.04. The van der Waals surface area contributed by atoms with E-state index in [9.17, 15) is 0 Å². The minimum atomic E-state index is 0.571. The van der Waals surface area contributed by atoms with Crippen molar-refractivity contribution in [3.8, 4) is 0 Å². The third-order valence-electron chi connectivity index (χ3n) is 3.37. The molecule has 0 radical (unpaired) electrons. The minimum absolute atomic E-state index is 0.571. The van der Waals surface area contributed by atoms with Crippen molar-refractivity contribution in [2.24, 2.45) is 0 Å². The number of thiophene rings is 1. The SMILES string of the molecule is CCC(NC)c1cc2c(s1)CCCCC2. The van der Waals surface area contributed by atoms with E-state index in [2.05, 4.69) is 25.4 Å². The van der Waals surface area contributed by atoms with Crippen LogP contribution in [0.25, 0.3) is 0 Å². The number of aryl methyl sites for hydroxylation is 2. The van der Waals surface area contributed by atoms with Gasteiger partial charge < -0.3 is 5.32 Å². The van der Waals surface area contributed by atoms with Crippen LogP contribution in [0.1, 0.15) is 54.0 Å². The maximum Gasteiger partial charge on any atom is 0.0409 e. The summed E-state index contributed by atoms with van der Waals surface area (Å²) in [6.45, 7) is 2.26. The van der Waals surface area contributed by atoms with Crippen LogP contribution in [0.5, 0.6) is 0 Å². The van der Waals surface area contributed by atoms with E-state index in [0.717, 1.165) is 0 Å². The summed E-state index contributed by atoms with van der Waals surface area (Å²) in [5.41, 5.74) is 1.64. The average molecular weight is 223 g/mol. The third kappa shape index (κ3) is 2.43. The van der Waals surface area contributed by atoms with Crippen molar-refractivity contribution < 1.29 is 0 Å². The van der Waals surface area contributed by atoms with E-state index in [0.29, 0.717) is 6.04 Å². The van der Waals surface area contributed by atoms with Crippen LogP contribution in [-0.4, -0.2) is 7.05 Å². The van der Waals surface area contributed by atoms with Gasteiger partial charge in [-0.1, -0.05) is 13.3 Å². The van der Waals surface area contributed by atoms with E-state index >= 15 is 0 Å². The van der Waals surface area contributed by atoms with Gasteiger partial charge in [0.1, 0.15) is 0 Å². The summed E-state index contributed by atoms with van der Waals surface area (Å²) in [6.07, 6.45) is 8.02. The standard InChI is InChI=1S/C13H21NS/c1-3-11(14-2)13-9-10-7-5-4-6-8-12(10)15-13/h9,11,14H,3-8H2,1-2H3. The molecule has 2 heteroatoms. The lowest BCUT2D eigenvalue weighted by Crippen LogP contribution is -2.13. The van der Waals surface area contributed by atoms with Gasteiger partial charge in [-0.05, 0) is 50.8 Å². The average Bonchev–Trinajstić information content (AvgIpc) is 2.52. The van der Waals surface area contributed by atoms with Crippen molar-refractivity contribution in [3.63, 3.8) is 0 Å². The van der Waals surface area contributed by atoms with Crippen molar-refractivity contribution in [1.29, 1.82) is 0 Å². The normalized spacial score (nSPS) is 18.3. The first-order valence-corrected chi connectivity index (χ1v) is 6.95. The molecule has 1 nitrogen and oxygen atoms in total. The molecule has 84 valence electrons. The van der Waals surface area contributed by atoms with Crippen LogP contribution in [0, 0.1) is 0 Å². The predicted molar refractivity (Wildman–Crippen MR) is 67.7 cm³/mol. The van der Waals surface area contributed by atoms with Crippen molar-refractivity contribution in [3.05, 3.63) is 21.4 Å². The van der Waals surface area contributed by atoms with Crippen molar-refractivity contribution in [1.82, 2.24) is 5.32 Å².